The molecule has 0 amide bonds. The predicted molar refractivity (Wildman–Crippen MR) is 196 cm³/mol. The third kappa shape index (κ3) is 35.9. The summed E-state index contributed by atoms with van der Waals surface area (Å²) in [5, 5.41) is 0. The first-order valence-corrected chi connectivity index (χ1v) is 21.1. The quantitative estimate of drug-likeness (QED) is 0.0221. The second-order valence-corrected chi connectivity index (χ2v) is 14.6. The van der Waals surface area contributed by atoms with Crippen LogP contribution >= 0.6 is 7.82 Å². The SMILES string of the molecule is C#CCCCCCCCCCCCCCC(=O)OC[C@H](COP(=O)([O-])OCC[NH3+])OC(=O)CCCCCCC/C=C\CCCCCCCC. The normalized spacial score (nSPS) is 13.3. The van der Waals surface area contributed by atoms with E-state index in [0.717, 1.165) is 70.6 Å². The molecule has 0 radical (unpaired) electrons. The first kappa shape index (κ1) is 47.3. The van der Waals surface area contributed by atoms with Crippen LogP contribution in [0.2, 0.25) is 0 Å². The number of hydrogen-bond acceptors (Lipinski definition) is 8. The van der Waals surface area contributed by atoms with Crippen molar-refractivity contribution in [2.24, 2.45) is 0 Å². The van der Waals surface area contributed by atoms with Gasteiger partial charge in [0.1, 0.15) is 13.2 Å². The molecule has 3 N–H and O–H groups in total. The molecule has 0 bridgehead atoms. The fourth-order valence-electron chi connectivity index (χ4n) is 5.43. The summed E-state index contributed by atoms with van der Waals surface area (Å²) in [4.78, 5) is 36.8. The summed E-state index contributed by atoms with van der Waals surface area (Å²) < 4.78 is 32.4. The number of carbonyl (C=O) groups excluding carboxylic acids is 2. The fourth-order valence-corrected chi connectivity index (χ4v) is 6.21. The van der Waals surface area contributed by atoms with Gasteiger partial charge in [-0.2, -0.15) is 0 Å². The van der Waals surface area contributed by atoms with Gasteiger partial charge in [-0.05, 0) is 44.9 Å². The van der Waals surface area contributed by atoms with Crippen molar-refractivity contribution < 1.29 is 43.3 Å². The number of unbranched alkanes of at least 4 members (excludes halogenated alkanes) is 22. The van der Waals surface area contributed by atoms with Crippen LogP contribution in [0.4, 0.5) is 0 Å². The predicted octanol–water partition coefficient (Wildman–Crippen LogP) is 8.93. The van der Waals surface area contributed by atoms with Crippen LogP contribution in [-0.2, 0) is 32.7 Å². The highest BCUT2D eigenvalue weighted by Crippen LogP contribution is 2.38. The molecule has 0 aliphatic rings. The molecule has 0 spiro atoms. The van der Waals surface area contributed by atoms with E-state index in [4.69, 9.17) is 24.9 Å². The standard InChI is InChI=1S/C39H72NO8P/c1-3-5-7-9-11-13-15-17-18-20-22-24-26-28-30-32-39(42)48-37(36-47-49(43,44)46-34-33-40)35-45-38(41)31-29-27-25-23-21-19-16-14-12-10-8-6-4-2/h2,17-18,37H,3,5-16,19-36,40H2,1H3,(H,43,44)/b18-17-/t37-/m1/s1. The third-order valence-electron chi connectivity index (χ3n) is 8.39. The van der Waals surface area contributed by atoms with Gasteiger partial charge in [0, 0.05) is 19.3 Å². The van der Waals surface area contributed by atoms with Crippen LogP contribution in [0.15, 0.2) is 12.2 Å². The zero-order valence-electron chi connectivity index (χ0n) is 31.2. The molecule has 49 heavy (non-hydrogen) atoms. The van der Waals surface area contributed by atoms with Gasteiger partial charge < -0.3 is 29.1 Å². The molecule has 286 valence electrons. The van der Waals surface area contributed by atoms with Crippen LogP contribution in [0, 0.1) is 12.3 Å². The molecule has 1 unspecified atom stereocenters. The number of ether oxygens (including phenoxy) is 2. The molecule has 2 atom stereocenters. The highest BCUT2D eigenvalue weighted by Gasteiger charge is 2.21. The molecule has 0 saturated heterocycles. The highest BCUT2D eigenvalue weighted by molar-refractivity contribution is 7.45. The molecule has 0 aromatic carbocycles. The maximum atomic E-state index is 12.5. The average Bonchev–Trinajstić information content (AvgIpc) is 3.08. The molecule has 0 aliphatic carbocycles. The summed E-state index contributed by atoms with van der Waals surface area (Å²) in [6.45, 7) is 1.65. The Hall–Kier alpha value is -1.69. The summed E-state index contributed by atoms with van der Waals surface area (Å²) in [5.74, 6) is 1.82. The Morgan fingerprint density at radius 1 is 0.694 bits per heavy atom. The zero-order chi connectivity index (χ0) is 36.1. The molecular weight excluding hydrogens is 641 g/mol. The van der Waals surface area contributed by atoms with Crippen molar-refractivity contribution >= 4 is 19.8 Å². The van der Waals surface area contributed by atoms with Crippen molar-refractivity contribution in [2.45, 2.75) is 186 Å². The van der Waals surface area contributed by atoms with Crippen LogP contribution in [0.3, 0.4) is 0 Å². The number of rotatable bonds is 37. The van der Waals surface area contributed by atoms with Crippen LogP contribution in [-0.4, -0.2) is 44.4 Å². The molecule has 0 aromatic heterocycles. The largest absolute Gasteiger partial charge is 0.756 e. The third-order valence-corrected chi connectivity index (χ3v) is 9.35. The number of phosphoric ester groups is 1. The van der Waals surface area contributed by atoms with E-state index in [1.807, 2.05) is 0 Å². The van der Waals surface area contributed by atoms with E-state index in [1.165, 1.54) is 83.5 Å². The molecule has 0 aromatic rings. The highest BCUT2D eigenvalue weighted by atomic mass is 31.2. The summed E-state index contributed by atoms with van der Waals surface area (Å²) in [6.07, 6.45) is 37.8. The summed E-state index contributed by atoms with van der Waals surface area (Å²) >= 11 is 0. The summed E-state index contributed by atoms with van der Waals surface area (Å²) in [7, 11) is -4.58. The Kier molecular flexibility index (Phi) is 34.9. The van der Waals surface area contributed by atoms with Crippen LogP contribution in [0.5, 0.6) is 0 Å². The van der Waals surface area contributed by atoms with E-state index in [2.05, 4.69) is 30.7 Å². The Bertz CT molecular complexity index is 891. The van der Waals surface area contributed by atoms with Crippen molar-refractivity contribution in [3.63, 3.8) is 0 Å². The van der Waals surface area contributed by atoms with E-state index in [9.17, 15) is 19.0 Å². The van der Waals surface area contributed by atoms with E-state index < -0.39 is 32.5 Å². The van der Waals surface area contributed by atoms with Crippen molar-refractivity contribution in [1.29, 1.82) is 0 Å². The minimum atomic E-state index is -4.58. The van der Waals surface area contributed by atoms with Gasteiger partial charge >= 0.3 is 11.9 Å². The Morgan fingerprint density at radius 3 is 1.67 bits per heavy atom. The van der Waals surface area contributed by atoms with Crippen molar-refractivity contribution in [3.05, 3.63) is 12.2 Å². The lowest BCUT2D eigenvalue weighted by Gasteiger charge is -2.25. The molecule has 0 fully saturated rings. The van der Waals surface area contributed by atoms with E-state index in [1.54, 1.807) is 0 Å². The van der Waals surface area contributed by atoms with E-state index >= 15 is 0 Å². The van der Waals surface area contributed by atoms with E-state index in [0.29, 0.717) is 6.42 Å². The lowest BCUT2D eigenvalue weighted by atomic mass is 10.0. The number of quaternary nitrogens is 1. The molecule has 0 aliphatic heterocycles. The maximum Gasteiger partial charge on any atom is 0.306 e. The fraction of sp³-hybridized carbons (Fsp3) is 0.846. The summed E-state index contributed by atoms with van der Waals surface area (Å²) in [6, 6.07) is 0. The summed E-state index contributed by atoms with van der Waals surface area (Å²) in [5.41, 5.74) is 3.54. The maximum absolute atomic E-state index is 12.5. The van der Waals surface area contributed by atoms with Crippen molar-refractivity contribution in [3.8, 4) is 12.3 Å². The first-order chi connectivity index (χ1) is 23.8. The second-order valence-electron chi connectivity index (χ2n) is 13.2. The minimum absolute atomic E-state index is 0.108. The molecule has 10 heteroatoms. The van der Waals surface area contributed by atoms with Crippen LogP contribution in [0.1, 0.15) is 180 Å². The first-order valence-electron chi connectivity index (χ1n) is 19.7. The molecular formula is C39H72NO8P. The molecule has 0 saturated carbocycles. The Labute approximate surface area is 299 Å². The van der Waals surface area contributed by atoms with Crippen LogP contribution < -0.4 is 10.6 Å². The Morgan fingerprint density at radius 2 is 1.16 bits per heavy atom. The van der Waals surface area contributed by atoms with Gasteiger partial charge in [-0.3, -0.25) is 14.2 Å². The van der Waals surface area contributed by atoms with Crippen molar-refractivity contribution in [2.75, 3.05) is 26.4 Å². The number of carbonyl (C=O) groups is 2. The molecule has 0 heterocycles. The second kappa shape index (κ2) is 36.1. The topological polar surface area (TPSA) is 139 Å². The van der Waals surface area contributed by atoms with Gasteiger partial charge in [-0.25, -0.2) is 0 Å². The van der Waals surface area contributed by atoms with Gasteiger partial charge in [0.05, 0.1) is 13.2 Å². The van der Waals surface area contributed by atoms with E-state index in [-0.39, 0.29) is 32.6 Å². The minimum Gasteiger partial charge on any atom is -0.756 e. The molecule has 0 rings (SSSR count). The van der Waals surface area contributed by atoms with Gasteiger partial charge in [0.2, 0.25) is 0 Å². The van der Waals surface area contributed by atoms with Crippen molar-refractivity contribution in [1.82, 2.24) is 0 Å². The smallest absolute Gasteiger partial charge is 0.306 e. The lowest BCUT2D eigenvalue weighted by Crippen LogP contribution is -2.52. The van der Waals surface area contributed by atoms with Gasteiger partial charge in [-0.15, -0.1) is 12.3 Å². The number of hydrogen-bond donors (Lipinski definition) is 1. The van der Waals surface area contributed by atoms with Gasteiger partial charge in [-0.1, -0.05) is 128 Å². The van der Waals surface area contributed by atoms with Gasteiger partial charge in [0.15, 0.2) is 6.10 Å². The monoisotopic (exact) mass is 713 g/mol. The number of allylic oxidation sites excluding steroid dienone is 2. The average molecular weight is 714 g/mol. The lowest BCUT2D eigenvalue weighted by molar-refractivity contribution is -0.373. The van der Waals surface area contributed by atoms with Crippen LogP contribution in [0.25, 0.3) is 0 Å². The van der Waals surface area contributed by atoms with Gasteiger partial charge in [0.25, 0.3) is 7.82 Å². The number of terminal acetylenes is 1. The Balaban J connectivity index is 4.20. The number of phosphoric acid groups is 1. The molecule has 9 nitrogen and oxygen atoms in total. The zero-order valence-corrected chi connectivity index (χ0v) is 32.0. The number of esters is 2.